The van der Waals surface area contributed by atoms with E-state index in [1.807, 2.05) is 6.92 Å². The summed E-state index contributed by atoms with van der Waals surface area (Å²) in [6.45, 7) is 8.74. The van der Waals surface area contributed by atoms with Crippen molar-refractivity contribution in [1.82, 2.24) is 0 Å². The van der Waals surface area contributed by atoms with Gasteiger partial charge in [0.05, 0.1) is 18.3 Å². The highest BCUT2D eigenvalue weighted by Crippen LogP contribution is 2.19. The standard InChI is InChI=1S/C16H32O4/c1-7-16(4,19-6)11-12-20-15(17)10-8-9-13(2)14(3)18-5/h13-14H,7-12H2,1-6H3. The molecule has 4 heteroatoms. The molecule has 0 aromatic carbocycles. The molecule has 0 aromatic heterocycles. The monoisotopic (exact) mass is 288 g/mol. The lowest BCUT2D eigenvalue weighted by atomic mass is 9.99. The number of methoxy groups -OCH3 is 2. The number of carbonyl (C=O) groups is 1. The zero-order valence-corrected chi connectivity index (χ0v) is 14.0. The van der Waals surface area contributed by atoms with Gasteiger partial charge in [0.1, 0.15) is 0 Å². The molecule has 0 aliphatic heterocycles. The lowest BCUT2D eigenvalue weighted by Gasteiger charge is -2.26. The molecule has 0 saturated heterocycles. The summed E-state index contributed by atoms with van der Waals surface area (Å²) in [5, 5.41) is 0. The maximum atomic E-state index is 11.6. The quantitative estimate of drug-likeness (QED) is 0.545. The Kier molecular flexibility index (Phi) is 9.86. The van der Waals surface area contributed by atoms with Crippen LogP contribution in [0.3, 0.4) is 0 Å². The van der Waals surface area contributed by atoms with E-state index in [1.165, 1.54) is 0 Å². The Morgan fingerprint density at radius 1 is 1.25 bits per heavy atom. The van der Waals surface area contributed by atoms with Crippen LogP contribution >= 0.6 is 0 Å². The van der Waals surface area contributed by atoms with Gasteiger partial charge in [0, 0.05) is 27.1 Å². The second kappa shape index (κ2) is 10.2. The second-order valence-corrected chi connectivity index (χ2v) is 5.79. The van der Waals surface area contributed by atoms with Crippen molar-refractivity contribution in [2.24, 2.45) is 5.92 Å². The SMILES string of the molecule is CCC(C)(CCOC(=O)CCCC(C)C(C)OC)OC. The molecule has 0 N–H and O–H groups in total. The van der Waals surface area contributed by atoms with E-state index < -0.39 is 0 Å². The zero-order chi connectivity index (χ0) is 15.6. The molecule has 0 aliphatic carbocycles. The maximum absolute atomic E-state index is 11.6. The van der Waals surface area contributed by atoms with E-state index >= 15 is 0 Å². The molecule has 0 saturated carbocycles. The van der Waals surface area contributed by atoms with Gasteiger partial charge < -0.3 is 14.2 Å². The van der Waals surface area contributed by atoms with Gasteiger partial charge in [-0.2, -0.15) is 0 Å². The van der Waals surface area contributed by atoms with Crippen molar-refractivity contribution in [2.75, 3.05) is 20.8 Å². The average molecular weight is 288 g/mol. The molecule has 0 amide bonds. The molecule has 0 fully saturated rings. The van der Waals surface area contributed by atoms with Gasteiger partial charge in [-0.15, -0.1) is 0 Å². The predicted octanol–water partition coefficient (Wildman–Crippen LogP) is 3.58. The van der Waals surface area contributed by atoms with E-state index in [9.17, 15) is 4.79 Å². The number of hydrogen-bond acceptors (Lipinski definition) is 4. The van der Waals surface area contributed by atoms with E-state index in [0.29, 0.717) is 18.9 Å². The Hall–Kier alpha value is -0.610. The molecular weight excluding hydrogens is 256 g/mol. The summed E-state index contributed by atoms with van der Waals surface area (Å²) < 4.78 is 15.9. The summed E-state index contributed by atoms with van der Waals surface area (Å²) in [6.07, 6.45) is 4.20. The van der Waals surface area contributed by atoms with E-state index in [-0.39, 0.29) is 17.7 Å². The molecule has 0 aliphatic rings. The fraction of sp³-hybridized carbons (Fsp3) is 0.938. The molecule has 0 rings (SSSR count). The van der Waals surface area contributed by atoms with Gasteiger partial charge in [-0.3, -0.25) is 4.79 Å². The van der Waals surface area contributed by atoms with Crippen LogP contribution in [0, 0.1) is 5.92 Å². The largest absolute Gasteiger partial charge is 0.466 e. The number of ether oxygens (including phenoxy) is 3. The van der Waals surface area contributed by atoms with Gasteiger partial charge in [-0.25, -0.2) is 0 Å². The molecule has 3 atom stereocenters. The van der Waals surface area contributed by atoms with E-state index in [4.69, 9.17) is 14.2 Å². The molecule has 0 heterocycles. The number of esters is 1. The van der Waals surface area contributed by atoms with E-state index in [1.54, 1.807) is 14.2 Å². The van der Waals surface area contributed by atoms with Crippen LogP contribution in [0.15, 0.2) is 0 Å². The third kappa shape index (κ3) is 7.85. The lowest BCUT2D eigenvalue weighted by Crippen LogP contribution is -2.28. The number of hydrogen-bond donors (Lipinski definition) is 0. The highest BCUT2D eigenvalue weighted by atomic mass is 16.5. The van der Waals surface area contributed by atoms with E-state index in [0.717, 1.165) is 25.7 Å². The van der Waals surface area contributed by atoms with Crippen molar-refractivity contribution in [3.8, 4) is 0 Å². The van der Waals surface area contributed by atoms with Gasteiger partial charge in [-0.05, 0) is 39.0 Å². The topological polar surface area (TPSA) is 44.8 Å². The highest BCUT2D eigenvalue weighted by Gasteiger charge is 2.21. The van der Waals surface area contributed by atoms with Crippen molar-refractivity contribution in [2.45, 2.75) is 71.5 Å². The van der Waals surface area contributed by atoms with Gasteiger partial charge in [-0.1, -0.05) is 13.8 Å². The lowest BCUT2D eigenvalue weighted by molar-refractivity contribution is -0.145. The molecule has 0 spiro atoms. The summed E-state index contributed by atoms with van der Waals surface area (Å²) in [7, 11) is 3.42. The summed E-state index contributed by atoms with van der Waals surface area (Å²) >= 11 is 0. The molecule has 0 aromatic rings. The molecule has 4 nitrogen and oxygen atoms in total. The van der Waals surface area contributed by atoms with Gasteiger partial charge in [0.15, 0.2) is 0 Å². The minimum atomic E-state index is -0.192. The Balaban J connectivity index is 3.75. The summed E-state index contributed by atoms with van der Waals surface area (Å²) in [5.41, 5.74) is -0.192. The van der Waals surface area contributed by atoms with Crippen molar-refractivity contribution in [3.63, 3.8) is 0 Å². The van der Waals surface area contributed by atoms with Crippen molar-refractivity contribution >= 4 is 5.97 Å². The summed E-state index contributed by atoms with van der Waals surface area (Å²) in [6, 6.07) is 0. The third-order valence-electron chi connectivity index (χ3n) is 4.35. The predicted molar refractivity (Wildman–Crippen MR) is 80.8 cm³/mol. The minimum absolute atomic E-state index is 0.114. The fourth-order valence-corrected chi connectivity index (χ4v) is 1.91. The number of carbonyl (C=O) groups excluding carboxylic acids is 1. The molecule has 120 valence electrons. The zero-order valence-electron chi connectivity index (χ0n) is 14.0. The van der Waals surface area contributed by atoms with Crippen LogP contribution < -0.4 is 0 Å². The molecule has 3 unspecified atom stereocenters. The van der Waals surface area contributed by atoms with Crippen LogP contribution in [0.4, 0.5) is 0 Å². The van der Waals surface area contributed by atoms with Crippen molar-refractivity contribution < 1.29 is 19.0 Å². The fourth-order valence-electron chi connectivity index (χ4n) is 1.91. The first-order valence-electron chi connectivity index (χ1n) is 7.62. The van der Waals surface area contributed by atoms with Crippen LogP contribution in [0.25, 0.3) is 0 Å². The normalized spacial score (nSPS) is 17.3. The van der Waals surface area contributed by atoms with Crippen LogP contribution in [0.2, 0.25) is 0 Å². The Morgan fingerprint density at radius 2 is 1.90 bits per heavy atom. The average Bonchev–Trinajstić information content (AvgIpc) is 2.45. The van der Waals surface area contributed by atoms with Crippen LogP contribution in [0.5, 0.6) is 0 Å². The molecule has 0 bridgehead atoms. The summed E-state index contributed by atoms with van der Waals surface area (Å²) in [5.74, 6) is 0.349. The maximum Gasteiger partial charge on any atom is 0.305 e. The first-order chi connectivity index (χ1) is 9.38. The summed E-state index contributed by atoms with van der Waals surface area (Å²) in [4.78, 5) is 11.6. The molecular formula is C16H32O4. The van der Waals surface area contributed by atoms with Crippen LogP contribution in [-0.2, 0) is 19.0 Å². The smallest absolute Gasteiger partial charge is 0.305 e. The number of rotatable bonds is 11. The van der Waals surface area contributed by atoms with Gasteiger partial charge in [0.25, 0.3) is 0 Å². The van der Waals surface area contributed by atoms with Crippen molar-refractivity contribution in [1.29, 1.82) is 0 Å². The first-order valence-corrected chi connectivity index (χ1v) is 7.62. The van der Waals surface area contributed by atoms with Crippen LogP contribution in [-0.4, -0.2) is 38.5 Å². The van der Waals surface area contributed by atoms with Crippen LogP contribution in [0.1, 0.15) is 59.8 Å². The third-order valence-corrected chi connectivity index (χ3v) is 4.35. The second-order valence-electron chi connectivity index (χ2n) is 5.79. The Labute approximate surface area is 124 Å². The minimum Gasteiger partial charge on any atom is -0.466 e. The first kappa shape index (κ1) is 19.4. The van der Waals surface area contributed by atoms with Crippen molar-refractivity contribution in [3.05, 3.63) is 0 Å². The molecule has 20 heavy (non-hydrogen) atoms. The van der Waals surface area contributed by atoms with Gasteiger partial charge >= 0.3 is 5.97 Å². The van der Waals surface area contributed by atoms with E-state index in [2.05, 4.69) is 20.8 Å². The van der Waals surface area contributed by atoms with Gasteiger partial charge in [0.2, 0.25) is 0 Å². The molecule has 0 radical (unpaired) electrons. The Morgan fingerprint density at radius 3 is 2.40 bits per heavy atom. The Bertz CT molecular complexity index is 261. The highest BCUT2D eigenvalue weighted by molar-refractivity contribution is 5.69.